The lowest BCUT2D eigenvalue weighted by Crippen LogP contribution is -2.40. The van der Waals surface area contributed by atoms with Gasteiger partial charge >= 0.3 is 0 Å². The van der Waals surface area contributed by atoms with E-state index in [1.165, 1.54) is 12.1 Å². The largest absolute Gasteiger partial charge is 0.348 e. The van der Waals surface area contributed by atoms with Crippen LogP contribution in [0.1, 0.15) is 42.3 Å². The van der Waals surface area contributed by atoms with E-state index >= 15 is 0 Å². The molecule has 2 aromatic carbocycles. The average molecular weight is 360 g/mol. The molecule has 0 bridgehead atoms. The van der Waals surface area contributed by atoms with Gasteiger partial charge in [0, 0.05) is 17.6 Å². The summed E-state index contributed by atoms with van der Waals surface area (Å²) in [5.74, 6) is -0.297. The predicted molar refractivity (Wildman–Crippen MR) is 98.9 cm³/mol. The van der Waals surface area contributed by atoms with Crippen LogP contribution in [-0.2, 0) is 16.6 Å². The molecule has 0 unspecified atom stereocenters. The first kappa shape index (κ1) is 19.1. The van der Waals surface area contributed by atoms with Crippen LogP contribution in [0.15, 0.2) is 53.4 Å². The molecule has 0 spiro atoms. The minimum Gasteiger partial charge on any atom is -0.348 e. The van der Waals surface area contributed by atoms with Gasteiger partial charge in [-0.05, 0) is 51.0 Å². The summed E-state index contributed by atoms with van der Waals surface area (Å²) in [5.41, 5.74) is 1.46. The summed E-state index contributed by atoms with van der Waals surface area (Å²) in [6, 6.07) is 14.1. The summed E-state index contributed by atoms with van der Waals surface area (Å²) in [6.07, 6.45) is 0. The highest BCUT2D eigenvalue weighted by atomic mass is 32.2. The van der Waals surface area contributed by atoms with E-state index in [0.29, 0.717) is 12.1 Å². The number of hydrogen-bond donors (Lipinski definition) is 2. The maximum absolute atomic E-state index is 12.5. The van der Waals surface area contributed by atoms with E-state index in [-0.39, 0.29) is 10.8 Å². The molecule has 0 aromatic heterocycles. The van der Waals surface area contributed by atoms with Crippen molar-refractivity contribution in [2.75, 3.05) is 0 Å². The Bertz CT molecular complexity index is 854. The highest BCUT2D eigenvalue weighted by Gasteiger charge is 2.23. The number of rotatable bonds is 5. The summed E-state index contributed by atoms with van der Waals surface area (Å²) < 4.78 is 27.5. The smallest absolute Gasteiger partial charge is 0.251 e. The quantitative estimate of drug-likeness (QED) is 0.861. The molecule has 0 aliphatic carbocycles. The van der Waals surface area contributed by atoms with Gasteiger partial charge in [0.2, 0.25) is 10.0 Å². The summed E-state index contributed by atoms with van der Waals surface area (Å²) in [6.45, 7) is 7.48. The van der Waals surface area contributed by atoms with Crippen LogP contribution in [-0.4, -0.2) is 19.9 Å². The van der Waals surface area contributed by atoms with Gasteiger partial charge in [-0.2, -0.15) is 0 Å². The number of amides is 1. The Kier molecular flexibility index (Phi) is 5.65. The van der Waals surface area contributed by atoms with Crippen molar-refractivity contribution in [3.63, 3.8) is 0 Å². The molecule has 0 heterocycles. The molecule has 2 rings (SSSR count). The molecule has 1 amide bonds. The zero-order valence-electron chi connectivity index (χ0n) is 15.0. The third-order valence-corrected chi connectivity index (χ3v) is 5.26. The number of sulfonamides is 1. The number of nitrogens with one attached hydrogen (secondary N) is 2. The second-order valence-corrected chi connectivity index (χ2v) is 8.68. The SMILES string of the molecule is Cc1ccc(S(=O)(=O)NC(C)(C)C)cc1C(=O)NCc1ccccc1. The molecule has 134 valence electrons. The number of hydrogen-bond acceptors (Lipinski definition) is 3. The van der Waals surface area contributed by atoms with Crippen molar-refractivity contribution in [2.24, 2.45) is 0 Å². The fourth-order valence-corrected chi connectivity index (χ4v) is 3.79. The molecule has 2 aromatic rings. The van der Waals surface area contributed by atoms with Crippen LogP contribution in [0.3, 0.4) is 0 Å². The van der Waals surface area contributed by atoms with Crippen molar-refractivity contribution >= 4 is 15.9 Å². The molecule has 5 nitrogen and oxygen atoms in total. The number of carbonyl (C=O) groups is 1. The van der Waals surface area contributed by atoms with Crippen molar-refractivity contribution in [2.45, 2.75) is 44.7 Å². The normalized spacial score (nSPS) is 12.0. The van der Waals surface area contributed by atoms with Crippen molar-refractivity contribution < 1.29 is 13.2 Å². The van der Waals surface area contributed by atoms with E-state index < -0.39 is 15.6 Å². The van der Waals surface area contributed by atoms with Crippen LogP contribution in [0.4, 0.5) is 0 Å². The van der Waals surface area contributed by atoms with Gasteiger partial charge in [-0.25, -0.2) is 13.1 Å². The number of aryl methyl sites for hydroxylation is 1. The molecule has 2 N–H and O–H groups in total. The first-order valence-electron chi connectivity index (χ1n) is 8.05. The maximum Gasteiger partial charge on any atom is 0.251 e. The van der Waals surface area contributed by atoms with Gasteiger partial charge in [-0.1, -0.05) is 36.4 Å². The fraction of sp³-hybridized carbons (Fsp3) is 0.316. The molecule has 0 fully saturated rings. The third kappa shape index (κ3) is 5.41. The Balaban J connectivity index is 2.22. The van der Waals surface area contributed by atoms with E-state index in [4.69, 9.17) is 0 Å². The maximum atomic E-state index is 12.5. The van der Waals surface area contributed by atoms with Gasteiger partial charge in [-0.3, -0.25) is 4.79 Å². The van der Waals surface area contributed by atoms with Gasteiger partial charge in [0.05, 0.1) is 4.90 Å². The van der Waals surface area contributed by atoms with Gasteiger partial charge < -0.3 is 5.32 Å². The van der Waals surface area contributed by atoms with E-state index in [1.807, 2.05) is 30.3 Å². The van der Waals surface area contributed by atoms with Crippen LogP contribution in [0.25, 0.3) is 0 Å². The zero-order chi connectivity index (χ0) is 18.7. The minimum absolute atomic E-state index is 0.0814. The Morgan fingerprint density at radius 1 is 1.04 bits per heavy atom. The second-order valence-electron chi connectivity index (χ2n) is 7.00. The summed E-state index contributed by atoms with van der Waals surface area (Å²) in [4.78, 5) is 12.6. The summed E-state index contributed by atoms with van der Waals surface area (Å²) in [5, 5.41) is 2.83. The monoisotopic (exact) mass is 360 g/mol. The highest BCUT2D eigenvalue weighted by Crippen LogP contribution is 2.18. The second kappa shape index (κ2) is 7.37. The third-order valence-electron chi connectivity index (χ3n) is 3.50. The molecular weight excluding hydrogens is 336 g/mol. The molecule has 0 saturated heterocycles. The van der Waals surface area contributed by atoms with Crippen molar-refractivity contribution in [1.82, 2.24) is 10.0 Å². The molecule has 6 heteroatoms. The lowest BCUT2D eigenvalue weighted by molar-refractivity contribution is 0.0950. The van der Waals surface area contributed by atoms with E-state index in [1.54, 1.807) is 33.8 Å². The fourth-order valence-electron chi connectivity index (χ4n) is 2.35. The molecule has 0 aliphatic heterocycles. The van der Waals surface area contributed by atoms with E-state index in [2.05, 4.69) is 10.0 Å². The molecule has 25 heavy (non-hydrogen) atoms. The average Bonchev–Trinajstić information content (AvgIpc) is 2.51. The van der Waals surface area contributed by atoms with Crippen molar-refractivity contribution in [3.8, 4) is 0 Å². The van der Waals surface area contributed by atoms with E-state index in [0.717, 1.165) is 11.1 Å². The minimum atomic E-state index is -3.69. The lowest BCUT2D eigenvalue weighted by Gasteiger charge is -2.20. The van der Waals surface area contributed by atoms with Crippen LogP contribution in [0, 0.1) is 6.92 Å². The number of carbonyl (C=O) groups excluding carboxylic acids is 1. The van der Waals surface area contributed by atoms with Crippen LogP contribution < -0.4 is 10.0 Å². The Morgan fingerprint density at radius 3 is 2.28 bits per heavy atom. The number of benzene rings is 2. The topological polar surface area (TPSA) is 75.3 Å². The van der Waals surface area contributed by atoms with Gasteiger partial charge in [0.25, 0.3) is 5.91 Å². The van der Waals surface area contributed by atoms with Crippen molar-refractivity contribution in [3.05, 3.63) is 65.2 Å². The van der Waals surface area contributed by atoms with Crippen LogP contribution >= 0.6 is 0 Å². The van der Waals surface area contributed by atoms with Crippen molar-refractivity contribution in [1.29, 1.82) is 0 Å². The summed E-state index contributed by atoms with van der Waals surface area (Å²) in [7, 11) is -3.69. The van der Waals surface area contributed by atoms with E-state index in [9.17, 15) is 13.2 Å². The first-order valence-corrected chi connectivity index (χ1v) is 9.53. The Labute approximate surface area is 149 Å². The predicted octanol–water partition coefficient (Wildman–Crippen LogP) is 3.00. The molecule has 0 radical (unpaired) electrons. The van der Waals surface area contributed by atoms with Crippen LogP contribution in [0.5, 0.6) is 0 Å². The molecule has 0 saturated carbocycles. The first-order chi connectivity index (χ1) is 11.6. The van der Waals surface area contributed by atoms with Gasteiger partial charge in [0.15, 0.2) is 0 Å². The zero-order valence-corrected chi connectivity index (χ0v) is 15.8. The Morgan fingerprint density at radius 2 is 1.68 bits per heavy atom. The highest BCUT2D eigenvalue weighted by molar-refractivity contribution is 7.89. The van der Waals surface area contributed by atoms with Crippen LogP contribution in [0.2, 0.25) is 0 Å². The lowest BCUT2D eigenvalue weighted by atomic mass is 10.1. The molecule has 0 aliphatic rings. The van der Waals surface area contributed by atoms with Gasteiger partial charge in [0.1, 0.15) is 0 Å². The molecule has 0 atom stereocenters. The molecular formula is C19H24N2O3S. The Hall–Kier alpha value is -2.18. The standard InChI is InChI=1S/C19H24N2O3S/c1-14-10-11-16(25(23,24)21-19(2,3)4)12-17(14)18(22)20-13-15-8-6-5-7-9-15/h5-12,21H,13H2,1-4H3,(H,20,22). The summed E-state index contributed by atoms with van der Waals surface area (Å²) >= 11 is 0. The van der Waals surface area contributed by atoms with Gasteiger partial charge in [-0.15, -0.1) is 0 Å².